The van der Waals surface area contributed by atoms with Gasteiger partial charge in [0.05, 0.1) is 12.7 Å². The number of rotatable bonds is 3. The van der Waals surface area contributed by atoms with Crippen LogP contribution in [0.1, 0.15) is 27.2 Å². The molecule has 1 aliphatic heterocycles. The first-order valence-electron chi connectivity index (χ1n) is 5.95. The average Bonchev–Trinajstić information content (AvgIpc) is 2.16. The molecule has 1 atom stereocenters. The molecule has 4 nitrogen and oxygen atoms in total. The number of amides is 1. The maximum Gasteiger partial charge on any atom is 0.222 e. The van der Waals surface area contributed by atoms with Crippen molar-refractivity contribution in [3.8, 4) is 0 Å². The minimum atomic E-state index is 0.0526. The van der Waals surface area contributed by atoms with E-state index in [1.54, 1.807) is 4.90 Å². The van der Waals surface area contributed by atoms with Crippen LogP contribution in [0.25, 0.3) is 0 Å². The van der Waals surface area contributed by atoms with Crippen LogP contribution in [-0.4, -0.2) is 50.2 Å². The van der Waals surface area contributed by atoms with Crippen molar-refractivity contribution in [2.24, 2.45) is 5.41 Å². The van der Waals surface area contributed by atoms with Crippen LogP contribution in [0.2, 0.25) is 0 Å². The lowest BCUT2D eigenvalue weighted by molar-refractivity contribution is -0.133. The number of hydrogen-bond donors (Lipinski definition) is 1. The lowest BCUT2D eigenvalue weighted by atomic mass is 9.91. The van der Waals surface area contributed by atoms with Crippen LogP contribution < -0.4 is 5.32 Å². The third kappa shape index (κ3) is 4.94. The van der Waals surface area contributed by atoms with Gasteiger partial charge in [0.2, 0.25) is 5.91 Å². The summed E-state index contributed by atoms with van der Waals surface area (Å²) in [5, 5.41) is 3.26. The summed E-state index contributed by atoms with van der Waals surface area (Å²) >= 11 is 0. The summed E-state index contributed by atoms with van der Waals surface area (Å²) in [5.74, 6) is 0.196. The van der Waals surface area contributed by atoms with E-state index < -0.39 is 0 Å². The van der Waals surface area contributed by atoms with Crippen molar-refractivity contribution in [3.63, 3.8) is 0 Å². The number of likely N-dealkylation sites (N-methyl/N-ethyl adjacent to an activating group) is 1. The first-order valence-corrected chi connectivity index (χ1v) is 5.95. The maximum atomic E-state index is 11.9. The molecule has 0 saturated carbocycles. The summed E-state index contributed by atoms with van der Waals surface area (Å²) in [6, 6.07) is 0. The highest BCUT2D eigenvalue weighted by Crippen LogP contribution is 2.19. The van der Waals surface area contributed by atoms with Crippen LogP contribution in [0.4, 0.5) is 0 Å². The molecular formula is C12H24N2O2. The first kappa shape index (κ1) is 13.5. The Kier molecular flexibility index (Phi) is 4.74. The van der Waals surface area contributed by atoms with Crippen LogP contribution in [-0.2, 0) is 9.53 Å². The van der Waals surface area contributed by atoms with Gasteiger partial charge >= 0.3 is 0 Å². The van der Waals surface area contributed by atoms with Crippen LogP contribution in [0.3, 0.4) is 0 Å². The molecule has 94 valence electrons. The average molecular weight is 228 g/mol. The third-order valence-electron chi connectivity index (χ3n) is 2.59. The predicted molar refractivity (Wildman–Crippen MR) is 64.3 cm³/mol. The largest absolute Gasteiger partial charge is 0.374 e. The minimum Gasteiger partial charge on any atom is -0.374 e. The zero-order valence-corrected chi connectivity index (χ0v) is 10.9. The normalized spacial score (nSPS) is 21.9. The number of nitrogens with one attached hydrogen (secondary N) is 1. The van der Waals surface area contributed by atoms with Crippen LogP contribution in [0, 0.1) is 5.41 Å². The van der Waals surface area contributed by atoms with Crippen molar-refractivity contribution in [1.82, 2.24) is 10.2 Å². The van der Waals surface area contributed by atoms with E-state index in [-0.39, 0.29) is 17.4 Å². The van der Waals surface area contributed by atoms with E-state index in [9.17, 15) is 4.79 Å². The van der Waals surface area contributed by atoms with Gasteiger partial charge in [-0.2, -0.15) is 0 Å². The van der Waals surface area contributed by atoms with Gasteiger partial charge in [-0.1, -0.05) is 20.8 Å². The van der Waals surface area contributed by atoms with Gasteiger partial charge in [0.1, 0.15) is 0 Å². The van der Waals surface area contributed by atoms with Crippen LogP contribution in [0.15, 0.2) is 0 Å². The van der Waals surface area contributed by atoms with Gasteiger partial charge in [0.25, 0.3) is 0 Å². The van der Waals surface area contributed by atoms with Gasteiger partial charge in [-0.05, 0) is 5.41 Å². The highest BCUT2D eigenvalue weighted by molar-refractivity contribution is 5.76. The Hall–Kier alpha value is -0.610. The van der Waals surface area contributed by atoms with E-state index in [0.29, 0.717) is 13.0 Å². The van der Waals surface area contributed by atoms with Crippen molar-refractivity contribution in [2.45, 2.75) is 33.3 Å². The second-order valence-electron chi connectivity index (χ2n) is 5.71. The Balaban J connectivity index is 2.33. The Morgan fingerprint density at radius 1 is 1.50 bits per heavy atom. The molecule has 0 spiro atoms. The molecule has 0 radical (unpaired) electrons. The van der Waals surface area contributed by atoms with Gasteiger partial charge < -0.3 is 15.0 Å². The summed E-state index contributed by atoms with van der Waals surface area (Å²) < 4.78 is 5.57. The highest BCUT2D eigenvalue weighted by Gasteiger charge is 2.22. The number of carbonyl (C=O) groups is 1. The number of morpholine rings is 1. The molecule has 1 N–H and O–H groups in total. The van der Waals surface area contributed by atoms with Crippen LogP contribution >= 0.6 is 0 Å². The molecule has 0 aromatic carbocycles. The summed E-state index contributed by atoms with van der Waals surface area (Å²) in [5.41, 5.74) is 0.0526. The molecule has 1 saturated heterocycles. The van der Waals surface area contributed by atoms with Gasteiger partial charge in [0, 0.05) is 33.1 Å². The standard InChI is InChI=1S/C12H24N2O2/c1-12(2,3)7-11(15)14(4)9-10-8-13-5-6-16-10/h10,13H,5-9H2,1-4H3. The molecular weight excluding hydrogens is 204 g/mol. The van der Waals surface area contributed by atoms with Crippen molar-refractivity contribution in [1.29, 1.82) is 0 Å². The third-order valence-corrected chi connectivity index (χ3v) is 2.59. The fourth-order valence-corrected chi connectivity index (χ4v) is 1.73. The molecule has 1 rings (SSSR count). The number of carbonyl (C=O) groups excluding carboxylic acids is 1. The Morgan fingerprint density at radius 2 is 2.19 bits per heavy atom. The number of ether oxygens (including phenoxy) is 1. The van der Waals surface area contributed by atoms with Crippen LogP contribution in [0.5, 0.6) is 0 Å². The summed E-state index contributed by atoms with van der Waals surface area (Å²) in [6.07, 6.45) is 0.728. The fourth-order valence-electron chi connectivity index (χ4n) is 1.73. The molecule has 1 unspecified atom stereocenters. The van der Waals surface area contributed by atoms with E-state index in [1.165, 1.54) is 0 Å². The molecule has 1 fully saturated rings. The Bertz CT molecular complexity index is 230. The van der Waals surface area contributed by atoms with E-state index in [4.69, 9.17) is 4.74 Å². The first-order chi connectivity index (χ1) is 7.38. The van der Waals surface area contributed by atoms with Crippen molar-refractivity contribution in [2.75, 3.05) is 33.3 Å². The number of hydrogen-bond acceptors (Lipinski definition) is 3. The smallest absolute Gasteiger partial charge is 0.222 e. The maximum absolute atomic E-state index is 11.9. The van der Waals surface area contributed by atoms with Crippen molar-refractivity contribution in [3.05, 3.63) is 0 Å². The van der Waals surface area contributed by atoms with E-state index in [0.717, 1.165) is 19.7 Å². The van der Waals surface area contributed by atoms with E-state index in [2.05, 4.69) is 26.1 Å². The topological polar surface area (TPSA) is 41.6 Å². The Labute approximate surface area is 98.3 Å². The van der Waals surface area contributed by atoms with Gasteiger partial charge in [-0.15, -0.1) is 0 Å². The second kappa shape index (κ2) is 5.64. The van der Waals surface area contributed by atoms with Gasteiger partial charge in [-0.25, -0.2) is 0 Å². The monoisotopic (exact) mass is 228 g/mol. The summed E-state index contributed by atoms with van der Waals surface area (Å²) in [6.45, 7) is 9.42. The molecule has 1 aliphatic rings. The molecule has 1 amide bonds. The summed E-state index contributed by atoms with van der Waals surface area (Å²) in [7, 11) is 1.85. The number of nitrogens with zero attached hydrogens (tertiary/aromatic N) is 1. The van der Waals surface area contributed by atoms with E-state index >= 15 is 0 Å². The molecule has 0 aromatic rings. The van der Waals surface area contributed by atoms with E-state index in [1.807, 2.05) is 7.05 Å². The molecule has 0 bridgehead atoms. The highest BCUT2D eigenvalue weighted by atomic mass is 16.5. The SMILES string of the molecule is CN(CC1CNCCO1)C(=O)CC(C)(C)C. The zero-order chi connectivity index (χ0) is 12.2. The lowest BCUT2D eigenvalue weighted by Crippen LogP contribution is -2.46. The van der Waals surface area contributed by atoms with Gasteiger partial charge in [-0.3, -0.25) is 4.79 Å². The minimum absolute atomic E-state index is 0.0526. The zero-order valence-electron chi connectivity index (χ0n) is 10.9. The summed E-state index contributed by atoms with van der Waals surface area (Å²) in [4.78, 5) is 13.7. The molecule has 4 heteroatoms. The predicted octanol–water partition coefficient (Wildman–Crippen LogP) is 0.869. The molecule has 0 aliphatic carbocycles. The Morgan fingerprint density at radius 3 is 2.69 bits per heavy atom. The molecule has 16 heavy (non-hydrogen) atoms. The second-order valence-corrected chi connectivity index (χ2v) is 5.71. The molecule has 1 heterocycles. The molecule has 0 aromatic heterocycles. The van der Waals surface area contributed by atoms with Crippen molar-refractivity contribution < 1.29 is 9.53 Å². The lowest BCUT2D eigenvalue weighted by Gasteiger charge is -2.29. The fraction of sp³-hybridized carbons (Fsp3) is 0.917. The van der Waals surface area contributed by atoms with Gasteiger partial charge in [0.15, 0.2) is 0 Å². The quantitative estimate of drug-likeness (QED) is 0.779. The van der Waals surface area contributed by atoms with Crippen molar-refractivity contribution >= 4 is 5.91 Å².